The van der Waals surface area contributed by atoms with E-state index in [4.69, 9.17) is 9.47 Å². The number of aliphatic carboxylic acids is 1. The van der Waals surface area contributed by atoms with Crippen molar-refractivity contribution in [3.8, 4) is 11.5 Å². The van der Waals surface area contributed by atoms with Crippen LogP contribution in [0.5, 0.6) is 11.5 Å². The van der Waals surface area contributed by atoms with E-state index in [9.17, 15) is 32.5 Å². The van der Waals surface area contributed by atoms with Crippen LogP contribution >= 0.6 is 0 Å². The summed E-state index contributed by atoms with van der Waals surface area (Å²) in [5.74, 6) is -2.10. The van der Waals surface area contributed by atoms with Gasteiger partial charge >= 0.3 is 47.5 Å². The van der Waals surface area contributed by atoms with Crippen LogP contribution in [0.15, 0.2) is 17.7 Å². The summed E-state index contributed by atoms with van der Waals surface area (Å²) >= 11 is 0. The quantitative estimate of drug-likeness (QED) is 0.173. The predicted molar refractivity (Wildman–Crippen MR) is 158 cm³/mol. The topological polar surface area (TPSA) is 147 Å². The third-order valence-electron chi connectivity index (χ3n) is 12.4. The molecule has 9 nitrogen and oxygen atoms in total. The van der Waals surface area contributed by atoms with Gasteiger partial charge in [-0.25, -0.2) is 8.42 Å². The molecular weight excluding hydrogens is 595 g/mol. The smallest absolute Gasteiger partial charge is 0.747 e. The Morgan fingerprint density at radius 3 is 2.07 bits per heavy atom. The first kappa shape index (κ1) is 35.1. The van der Waals surface area contributed by atoms with Crippen molar-refractivity contribution in [3.63, 3.8) is 0 Å². The van der Waals surface area contributed by atoms with Gasteiger partial charge in [0, 0.05) is 24.8 Å². The van der Waals surface area contributed by atoms with Crippen molar-refractivity contribution in [2.45, 2.75) is 111 Å². The van der Waals surface area contributed by atoms with Crippen molar-refractivity contribution >= 4 is 28.0 Å². The van der Waals surface area contributed by atoms with E-state index in [1.807, 2.05) is 6.92 Å². The standard InChI is InChI=1S/C33H44O9S.Na/c1-18-26-21(15-22(41-19(2)34)27(18)42-20(3)35)31(6)12-14-33(8)25-17-30(5,28(36)37)10-9-29(25,4)11-13-32(33,7)24(31)16-23(26)43(38,39)40;/h15-16,23,25H,9-14,17H2,1-8H3,(H,36,37)(H,38,39,40);/q;+1/p-1/t23?,25-,29-,30-,31+,32-,33+;/m1./s1. The van der Waals surface area contributed by atoms with Gasteiger partial charge in [-0.05, 0) is 98.1 Å². The number of carboxylic acids is 1. The van der Waals surface area contributed by atoms with Crippen LogP contribution in [0, 0.1) is 34.5 Å². The zero-order valence-electron chi connectivity index (χ0n) is 27.4. The Hall–Kier alpha value is -1.72. The second-order valence-electron chi connectivity index (χ2n) is 14.8. The van der Waals surface area contributed by atoms with E-state index in [2.05, 4.69) is 27.7 Å². The van der Waals surface area contributed by atoms with Gasteiger partial charge in [0.15, 0.2) is 11.5 Å². The van der Waals surface area contributed by atoms with Crippen molar-refractivity contribution in [2.24, 2.45) is 27.6 Å². The minimum absolute atomic E-state index is 0. The molecule has 5 rings (SSSR count). The Bertz CT molecular complexity index is 1580. The Morgan fingerprint density at radius 1 is 0.932 bits per heavy atom. The summed E-state index contributed by atoms with van der Waals surface area (Å²) in [7, 11) is -4.92. The molecule has 0 amide bonds. The molecule has 0 aromatic heterocycles. The molecule has 44 heavy (non-hydrogen) atoms. The second kappa shape index (κ2) is 10.9. The molecule has 0 aliphatic heterocycles. The van der Waals surface area contributed by atoms with Crippen molar-refractivity contribution in [3.05, 3.63) is 34.4 Å². The summed E-state index contributed by atoms with van der Waals surface area (Å²) in [5.41, 5.74) is -0.526. The maximum atomic E-state index is 13.0. The largest absolute Gasteiger partial charge is 1.00 e. The summed E-state index contributed by atoms with van der Waals surface area (Å²) in [6, 6.07) is 1.58. The van der Waals surface area contributed by atoms with E-state index in [0.717, 1.165) is 31.3 Å². The third kappa shape index (κ3) is 5.02. The van der Waals surface area contributed by atoms with E-state index in [-0.39, 0.29) is 68.9 Å². The van der Waals surface area contributed by atoms with Crippen molar-refractivity contribution in [2.75, 3.05) is 0 Å². The molecule has 3 fully saturated rings. The van der Waals surface area contributed by atoms with Gasteiger partial charge in [0.25, 0.3) is 0 Å². The average molecular weight is 639 g/mol. The van der Waals surface area contributed by atoms with Gasteiger partial charge in [-0.3, -0.25) is 14.4 Å². The van der Waals surface area contributed by atoms with Crippen molar-refractivity contribution < 1.29 is 71.5 Å². The fourth-order valence-corrected chi connectivity index (χ4v) is 10.5. The number of hydrogen-bond acceptors (Lipinski definition) is 8. The van der Waals surface area contributed by atoms with Gasteiger partial charge in [-0.1, -0.05) is 39.3 Å². The Kier molecular flexibility index (Phi) is 8.73. The van der Waals surface area contributed by atoms with E-state index >= 15 is 0 Å². The van der Waals surface area contributed by atoms with Crippen LogP contribution < -0.4 is 39.0 Å². The number of hydrogen-bond donors (Lipinski definition) is 1. The van der Waals surface area contributed by atoms with Gasteiger partial charge in [0.1, 0.15) is 10.1 Å². The molecule has 1 aromatic rings. The first-order valence-corrected chi connectivity index (χ1v) is 16.6. The molecule has 4 aliphatic carbocycles. The number of carboxylic acid groups (broad SMARTS) is 1. The molecule has 7 atom stereocenters. The summed E-state index contributed by atoms with van der Waals surface area (Å²) in [6.07, 6.45) is 6.61. The number of rotatable bonds is 4. The van der Waals surface area contributed by atoms with Crippen LogP contribution in [0.3, 0.4) is 0 Å². The van der Waals surface area contributed by atoms with Crippen LogP contribution in [0.4, 0.5) is 0 Å². The first-order chi connectivity index (χ1) is 19.6. The molecule has 4 aliphatic rings. The van der Waals surface area contributed by atoms with Gasteiger partial charge < -0.3 is 19.1 Å². The molecule has 236 valence electrons. The maximum absolute atomic E-state index is 13.0. The monoisotopic (exact) mass is 638 g/mol. The number of esters is 2. The second-order valence-corrected chi connectivity index (χ2v) is 16.3. The minimum atomic E-state index is -4.92. The van der Waals surface area contributed by atoms with Crippen LogP contribution in [-0.2, 0) is 29.9 Å². The molecule has 0 radical (unpaired) electrons. The van der Waals surface area contributed by atoms with Crippen molar-refractivity contribution in [1.82, 2.24) is 0 Å². The summed E-state index contributed by atoms with van der Waals surface area (Å²) in [6.45, 7) is 14.6. The molecule has 3 saturated carbocycles. The number of carbonyl (C=O) groups is 3. The average Bonchev–Trinajstić information content (AvgIpc) is 2.88. The fourth-order valence-electron chi connectivity index (χ4n) is 9.59. The van der Waals surface area contributed by atoms with Crippen LogP contribution in [-0.4, -0.2) is 36.0 Å². The molecule has 0 spiro atoms. The number of carbonyl (C=O) groups excluding carboxylic acids is 2. The minimum Gasteiger partial charge on any atom is -0.747 e. The molecule has 1 N–H and O–H groups in total. The van der Waals surface area contributed by atoms with Crippen LogP contribution in [0.1, 0.15) is 115 Å². The number of allylic oxidation sites excluding steroid dienone is 1. The van der Waals surface area contributed by atoms with E-state index in [1.54, 1.807) is 19.1 Å². The zero-order chi connectivity index (χ0) is 32.1. The summed E-state index contributed by atoms with van der Waals surface area (Å²) in [4.78, 5) is 36.5. The van der Waals surface area contributed by atoms with Gasteiger partial charge in [0.2, 0.25) is 0 Å². The molecule has 1 aromatic carbocycles. The number of ether oxygens (including phenoxy) is 2. The Labute approximate surface area is 282 Å². The van der Waals surface area contributed by atoms with E-state index in [0.29, 0.717) is 24.8 Å². The molecule has 0 bridgehead atoms. The van der Waals surface area contributed by atoms with E-state index < -0.39 is 49.5 Å². The van der Waals surface area contributed by atoms with Crippen molar-refractivity contribution in [1.29, 1.82) is 0 Å². The summed E-state index contributed by atoms with van der Waals surface area (Å²) in [5, 5.41) is 8.66. The van der Waals surface area contributed by atoms with Crippen LogP contribution in [0.2, 0.25) is 0 Å². The summed E-state index contributed by atoms with van der Waals surface area (Å²) < 4.78 is 49.9. The Balaban J connectivity index is 0.00000442. The molecule has 0 heterocycles. The molecule has 1 unspecified atom stereocenters. The third-order valence-corrected chi connectivity index (χ3v) is 13.4. The SMILES string of the molecule is CC(=O)Oc1cc2c(c(C)c1OC(C)=O)C(S(=O)(=O)[O-])C=C1[C@@]2(C)CC[C@@]2(C)[C@@H]3C[C@](C)(C(=O)O)CC[C@]3(C)CC[C@]12C.[Na+]. The van der Waals surface area contributed by atoms with Crippen LogP contribution in [0.25, 0.3) is 0 Å². The zero-order valence-corrected chi connectivity index (χ0v) is 30.2. The maximum Gasteiger partial charge on any atom is 1.00 e. The molecular formula is C33H43NaO9S. The predicted octanol–water partition coefficient (Wildman–Crippen LogP) is 3.13. The first-order valence-electron chi connectivity index (χ1n) is 15.1. The fraction of sp³-hybridized carbons (Fsp3) is 0.667. The molecule has 11 heteroatoms. The van der Waals surface area contributed by atoms with Gasteiger partial charge in [0.05, 0.1) is 10.7 Å². The normalized spacial score (nSPS) is 37.5. The van der Waals surface area contributed by atoms with E-state index in [1.165, 1.54) is 13.8 Å². The molecule has 0 saturated heterocycles. The Morgan fingerprint density at radius 2 is 1.52 bits per heavy atom. The number of benzene rings is 1. The van der Waals surface area contributed by atoms with Gasteiger partial charge in [-0.15, -0.1) is 0 Å². The van der Waals surface area contributed by atoms with Gasteiger partial charge in [-0.2, -0.15) is 0 Å². The number of fused-ring (bicyclic) bond motifs is 7.